The standard InChI is InChI=1S/C11H27F3N2Si3/c1-17(2,3)15-10(11(12,13)14)16(18(4,5)6)19(7,8)9/h1-9H3. The van der Waals surface area contributed by atoms with Gasteiger partial charge in [0.05, 0.1) is 0 Å². The quantitative estimate of drug-likeness (QED) is 0.414. The molecule has 0 fully saturated rings. The van der Waals surface area contributed by atoms with Crippen LogP contribution in [0.1, 0.15) is 0 Å². The zero-order chi connectivity index (χ0) is 15.9. The van der Waals surface area contributed by atoms with Crippen molar-refractivity contribution < 1.29 is 13.2 Å². The summed E-state index contributed by atoms with van der Waals surface area (Å²) in [5.41, 5.74) is 0. The van der Waals surface area contributed by atoms with Crippen LogP contribution in [-0.4, -0.2) is 40.9 Å². The maximum atomic E-state index is 13.5. The second-order valence-corrected chi connectivity index (χ2v) is 22.4. The molecule has 0 aliphatic heterocycles. The lowest BCUT2D eigenvalue weighted by Gasteiger charge is -2.47. The number of alkyl halides is 3. The summed E-state index contributed by atoms with van der Waals surface area (Å²) in [5.74, 6) is -0.620. The fraction of sp³-hybridized carbons (Fsp3) is 0.909. The minimum absolute atomic E-state index is 0.620. The summed E-state index contributed by atoms with van der Waals surface area (Å²) in [6.45, 7) is 17.2. The van der Waals surface area contributed by atoms with Gasteiger partial charge in [0.2, 0.25) is 0 Å². The van der Waals surface area contributed by atoms with Gasteiger partial charge in [0, 0.05) is 0 Å². The van der Waals surface area contributed by atoms with Gasteiger partial charge in [-0.25, -0.2) is 0 Å². The molecule has 0 amide bonds. The summed E-state index contributed by atoms with van der Waals surface area (Å²) >= 11 is 0. The lowest BCUT2D eigenvalue weighted by molar-refractivity contribution is -0.0638. The van der Waals surface area contributed by atoms with E-state index < -0.39 is 36.7 Å². The van der Waals surface area contributed by atoms with Gasteiger partial charge in [0.25, 0.3) is 0 Å². The Morgan fingerprint density at radius 1 is 0.789 bits per heavy atom. The van der Waals surface area contributed by atoms with Gasteiger partial charge >= 0.3 is 6.18 Å². The molecule has 0 radical (unpaired) electrons. The van der Waals surface area contributed by atoms with Crippen LogP contribution in [0.25, 0.3) is 0 Å². The van der Waals surface area contributed by atoms with Gasteiger partial charge < -0.3 is 8.89 Å². The minimum Gasteiger partial charge on any atom is -0.407 e. The third-order valence-electron chi connectivity index (χ3n) is 2.25. The zero-order valence-corrected chi connectivity index (χ0v) is 16.5. The largest absolute Gasteiger partial charge is 0.446 e. The van der Waals surface area contributed by atoms with E-state index in [0.717, 1.165) is 0 Å². The average molecular weight is 329 g/mol. The molecule has 0 spiro atoms. The highest BCUT2D eigenvalue weighted by Crippen LogP contribution is 2.30. The second-order valence-electron chi connectivity index (χ2n) is 7.78. The molecule has 0 unspecified atom stereocenters. The predicted molar refractivity (Wildman–Crippen MR) is 85.4 cm³/mol. The Balaban J connectivity index is 6.04. The zero-order valence-electron chi connectivity index (χ0n) is 13.5. The van der Waals surface area contributed by atoms with Gasteiger partial charge in [-0.15, -0.1) is 0 Å². The monoisotopic (exact) mass is 328 g/mol. The fourth-order valence-corrected chi connectivity index (χ4v) is 12.9. The van der Waals surface area contributed by atoms with E-state index in [1.165, 1.54) is 0 Å². The highest BCUT2D eigenvalue weighted by Gasteiger charge is 2.48. The molecule has 0 saturated heterocycles. The van der Waals surface area contributed by atoms with Crippen molar-refractivity contribution in [1.82, 2.24) is 4.23 Å². The van der Waals surface area contributed by atoms with Gasteiger partial charge in [0.15, 0.2) is 14.1 Å². The molecule has 0 saturated carbocycles. The number of halogens is 3. The summed E-state index contributed by atoms with van der Waals surface area (Å²) in [7, 11) is -6.44. The van der Waals surface area contributed by atoms with Crippen LogP contribution in [-0.2, 0) is 0 Å². The Labute approximate surface area is 118 Å². The summed E-state index contributed by atoms with van der Waals surface area (Å²) in [5, 5.41) is 0. The van der Waals surface area contributed by atoms with Gasteiger partial charge in [-0.05, 0) is 19.6 Å². The molecule has 0 heterocycles. The molecular formula is C11H27F3N2Si3. The summed E-state index contributed by atoms with van der Waals surface area (Å²) in [6.07, 6.45) is -4.36. The second kappa shape index (κ2) is 5.36. The van der Waals surface area contributed by atoms with Crippen LogP contribution >= 0.6 is 0 Å². The minimum atomic E-state index is -4.36. The molecule has 0 bridgehead atoms. The Hall–Kier alpha value is -0.0894. The van der Waals surface area contributed by atoms with E-state index in [4.69, 9.17) is 0 Å². The summed E-state index contributed by atoms with van der Waals surface area (Å²) in [6, 6.07) is 0. The SMILES string of the molecule is C[Si](C)(C)N=C(N([Si](C)(C)C)[Si](C)(C)C)C(F)(F)F. The van der Waals surface area contributed by atoms with Crippen LogP contribution in [0.3, 0.4) is 0 Å². The first kappa shape index (κ1) is 18.9. The van der Waals surface area contributed by atoms with E-state index in [1.807, 2.05) is 58.9 Å². The Kier molecular flexibility index (Phi) is 5.34. The Bertz CT molecular complexity index is 332. The van der Waals surface area contributed by atoms with Crippen LogP contribution in [0.2, 0.25) is 58.9 Å². The molecule has 0 aromatic heterocycles. The topological polar surface area (TPSA) is 15.6 Å². The van der Waals surface area contributed by atoms with Crippen molar-refractivity contribution in [3.05, 3.63) is 0 Å². The number of hydrogen-bond donors (Lipinski definition) is 0. The lowest BCUT2D eigenvalue weighted by Crippen LogP contribution is -2.65. The first-order valence-electron chi connectivity index (χ1n) is 6.43. The molecule has 19 heavy (non-hydrogen) atoms. The van der Waals surface area contributed by atoms with Gasteiger partial charge in [-0.2, -0.15) is 13.2 Å². The van der Waals surface area contributed by atoms with Crippen LogP contribution in [0.4, 0.5) is 13.2 Å². The molecular weight excluding hydrogens is 301 g/mol. The van der Waals surface area contributed by atoms with Gasteiger partial charge in [-0.1, -0.05) is 39.3 Å². The van der Waals surface area contributed by atoms with Crippen molar-refractivity contribution in [2.24, 2.45) is 4.66 Å². The Morgan fingerprint density at radius 3 is 1.26 bits per heavy atom. The first-order chi connectivity index (χ1) is 7.96. The molecule has 8 heteroatoms. The summed E-state index contributed by atoms with van der Waals surface area (Å²) in [4.78, 5) is 0. The molecule has 0 aromatic rings. The van der Waals surface area contributed by atoms with E-state index in [2.05, 4.69) is 4.66 Å². The molecule has 0 aliphatic rings. The Morgan fingerprint density at radius 2 is 1.11 bits per heavy atom. The number of rotatable bonds is 3. The van der Waals surface area contributed by atoms with E-state index >= 15 is 0 Å². The van der Waals surface area contributed by atoms with Crippen LogP contribution in [0.15, 0.2) is 4.66 Å². The van der Waals surface area contributed by atoms with Crippen LogP contribution in [0, 0.1) is 0 Å². The predicted octanol–water partition coefficient (Wildman–Crippen LogP) is 4.75. The number of amidine groups is 1. The molecule has 0 rings (SSSR count). The maximum absolute atomic E-state index is 13.5. The van der Waals surface area contributed by atoms with Crippen molar-refractivity contribution in [3.63, 3.8) is 0 Å². The van der Waals surface area contributed by atoms with E-state index in [-0.39, 0.29) is 0 Å². The third-order valence-corrected chi connectivity index (χ3v) is 10.3. The normalized spacial score (nSPS) is 15.7. The first-order valence-corrected chi connectivity index (χ1v) is 16.8. The third kappa shape index (κ3) is 6.26. The van der Waals surface area contributed by atoms with Crippen molar-refractivity contribution in [1.29, 1.82) is 0 Å². The van der Waals surface area contributed by atoms with Gasteiger partial charge in [-0.3, -0.25) is 0 Å². The number of hydrogen-bond acceptors (Lipinski definition) is 1. The highest BCUT2D eigenvalue weighted by molar-refractivity contribution is 6.93. The molecule has 0 aromatic carbocycles. The van der Waals surface area contributed by atoms with Crippen molar-refractivity contribution in [2.45, 2.75) is 65.1 Å². The van der Waals surface area contributed by atoms with Crippen LogP contribution < -0.4 is 0 Å². The van der Waals surface area contributed by atoms with Crippen LogP contribution in [0.5, 0.6) is 0 Å². The van der Waals surface area contributed by atoms with Crippen molar-refractivity contribution in [3.8, 4) is 0 Å². The smallest absolute Gasteiger partial charge is 0.407 e. The molecule has 0 N–H and O–H groups in total. The highest BCUT2D eigenvalue weighted by atomic mass is 28.4. The molecule has 0 atom stereocenters. The van der Waals surface area contributed by atoms with Crippen molar-refractivity contribution in [2.75, 3.05) is 0 Å². The lowest BCUT2D eigenvalue weighted by atomic mass is 10.6. The van der Waals surface area contributed by atoms with E-state index in [9.17, 15) is 13.2 Å². The molecule has 2 nitrogen and oxygen atoms in total. The fourth-order valence-electron chi connectivity index (χ4n) is 2.20. The number of nitrogens with zero attached hydrogens (tertiary/aromatic N) is 2. The van der Waals surface area contributed by atoms with Crippen molar-refractivity contribution >= 4 is 30.5 Å². The molecule has 0 aliphatic carbocycles. The van der Waals surface area contributed by atoms with Gasteiger partial charge in [0.1, 0.15) is 16.5 Å². The maximum Gasteiger partial charge on any atom is 0.446 e. The van der Waals surface area contributed by atoms with E-state index in [0.29, 0.717) is 0 Å². The summed E-state index contributed by atoms with van der Waals surface area (Å²) < 4.78 is 46.2. The van der Waals surface area contributed by atoms with E-state index in [1.54, 1.807) is 4.23 Å². The average Bonchev–Trinajstić information content (AvgIpc) is 1.91. The molecule has 114 valence electrons.